The third-order valence-corrected chi connectivity index (χ3v) is 8.54. The van der Waals surface area contributed by atoms with E-state index in [1.165, 1.54) is 0 Å². The van der Waals surface area contributed by atoms with Crippen LogP contribution < -0.4 is 4.31 Å². The molecule has 0 bridgehead atoms. The number of H-pyrrole nitrogens is 1. The second-order valence-corrected chi connectivity index (χ2v) is 11.4. The maximum atomic E-state index is 13.8. The molecule has 1 aliphatic heterocycles. The molecule has 31 heavy (non-hydrogen) atoms. The zero-order valence-electron chi connectivity index (χ0n) is 18.3. The van der Waals surface area contributed by atoms with E-state index in [-0.39, 0.29) is 11.2 Å². The first-order valence-electron chi connectivity index (χ1n) is 11.0. The number of rotatable bonds is 3. The van der Waals surface area contributed by atoms with Gasteiger partial charge in [0.05, 0.1) is 10.6 Å². The number of benzene rings is 2. The van der Waals surface area contributed by atoms with Gasteiger partial charge in [-0.3, -0.25) is 9.10 Å². The van der Waals surface area contributed by atoms with Crippen molar-refractivity contribution in [2.45, 2.75) is 57.8 Å². The topological polar surface area (TPSA) is 70.2 Å². The Morgan fingerprint density at radius 3 is 2.68 bits per heavy atom. The van der Waals surface area contributed by atoms with E-state index in [4.69, 9.17) is 0 Å². The molecular weight excluding hydrogens is 408 g/mol. The zero-order valence-corrected chi connectivity index (χ0v) is 19.1. The number of anilines is 1. The van der Waals surface area contributed by atoms with Gasteiger partial charge in [-0.2, -0.15) is 0 Å². The fraction of sp³-hybridized carbons (Fsp3) is 0.400. The summed E-state index contributed by atoms with van der Waals surface area (Å²) >= 11 is 0. The van der Waals surface area contributed by atoms with E-state index in [2.05, 4.69) is 18.8 Å². The molecule has 0 atom stereocenters. The lowest BCUT2D eigenvalue weighted by Crippen LogP contribution is -2.36. The Hall–Kier alpha value is -2.60. The van der Waals surface area contributed by atoms with Crippen molar-refractivity contribution >= 4 is 32.4 Å². The summed E-state index contributed by atoms with van der Waals surface area (Å²) in [5, 5.41) is 0.852. The molecule has 0 radical (unpaired) electrons. The summed E-state index contributed by atoms with van der Waals surface area (Å²) in [4.78, 5) is 16.6. The molecule has 5 nitrogen and oxygen atoms in total. The van der Waals surface area contributed by atoms with E-state index in [9.17, 15) is 13.2 Å². The molecular formula is C25H28N2O3S. The van der Waals surface area contributed by atoms with Crippen LogP contribution in [0.3, 0.4) is 0 Å². The standard InChI is InChI=1S/C25H28N2O3S/c1-4-16-12-18-19(26-20-14-25(2,3)15-22(28)24(18)20)13-23(16)31(29,30)27-11-7-9-17-8-5-6-10-21(17)27/h5-6,8,10,12-13,26H,4,7,9,11,14-15H2,1-3H3. The number of Topliss-reactive ketones (excluding diaryl/α,β-unsaturated/α-hetero) is 1. The molecule has 0 spiro atoms. The summed E-state index contributed by atoms with van der Waals surface area (Å²) in [5.74, 6) is 0.139. The molecule has 2 heterocycles. The number of nitrogens with one attached hydrogen (secondary N) is 1. The summed E-state index contributed by atoms with van der Waals surface area (Å²) in [7, 11) is -3.72. The molecule has 0 amide bonds. The predicted octanol–water partition coefficient (Wildman–Crippen LogP) is 5.03. The highest BCUT2D eigenvalue weighted by molar-refractivity contribution is 7.93. The van der Waals surface area contributed by atoms with Crippen molar-refractivity contribution in [1.29, 1.82) is 0 Å². The van der Waals surface area contributed by atoms with Crippen molar-refractivity contribution < 1.29 is 13.2 Å². The van der Waals surface area contributed by atoms with Gasteiger partial charge in [0.15, 0.2) is 5.78 Å². The van der Waals surface area contributed by atoms with E-state index in [0.717, 1.165) is 58.2 Å². The zero-order chi connectivity index (χ0) is 22.0. The Kier molecular flexibility index (Phi) is 4.56. The summed E-state index contributed by atoms with van der Waals surface area (Å²) in [6.07, 6.45) is 3.58. The number of hydrogen-bond donors (Lipinski definition) is 1. The molecule has 1 aromatic heterocycles. The van der Waals surface area contributed by atoms with Crippen LogP contribution in [0.1, 0.15) is 60.8 Å². The van der Waals surface area contributed by atoms with Crippen LogP contribution in [0, 0.1) is 5.41 Å². The van der Waals surface area contributed by atoms with Crippen molar-refractivity contribution in [3.63, 3.8) is 0 Å². The van der Waals surface area contributed by atoms with Crippen LogP contribution in [-0.2, 0) is 29.3 Å². The average molecular weight is 437 g/mol. The number of carbonyl (C=O) groups excluding carboxylic acids is 1. The molecule has 1 aliphatic carbocycles. The molecule has 3 aromatic rings. The van der Waals surface area contributed by atoms with Crippen molar-refractivity contribution in [3.8, 4) is 0 Å². The van der Waals surface area contributed by atoms with E-state index in [0.29, 0.717) is 24.3 Å². The largest absolute Gasteiger partial charge is 0.358 e. The van der Waals surface area contributed by atoms with E-state index >= 15 is 0 Å². The first-order valence-corrected chi connectivity index (χ1v) is 12.5. The fourth-order valence-electron chi connectivity index (χ4n) is 5.22. The normalized spacial score (nSPS) is 18.2. The molecule has 1 N–H and O–H groups in total. The minimum Gasteiger partial charge on any atom is -0.358 e. The van der Waals surface area contributed by atoms with E-state index in [1.54, 1.807) is 10.4 Å². The third kappa shape index (κ3) is 3.19. The van der Waals surface area contributed by atoms with E-state index < -0.39 is 10.0 Å². The van der Waals surface area contributed by atoms with Gasteiger partial charge in [0.25, 0.3) is 10.0 Å². The Labute approximate surface area is 183 Å². The SMILES string of the molecule is CCc1cc2c3c([nH]c2cc1S(=O)(=O)N1CCCc2ccccc21)CC(C)(C)CC3=O. The summed E-state index contributed by atoms with van der Waals surface area (Å²) in [6.45, 7) is 6.64. The maximum absolute atomic E-state index is 13.8. The second kappa shape index (κ2) is 6.95. The van der Waals surface area contributed by atoms with Gasteiger partial charge in [-0.1, -0.05) is 39.0 Å². The van der Waals surface area contributed by atoms with Gasteiger partial charge in [0.1, 0.15) is 0 Å². The lowest BCUT2D eigenvalue weighted by Gasteiger charge is -2.31. The number of fused-ring (bicyclic) bond motifs is 4. The van der Waals surface area contributed by atoms with Gasteiger partial charge in [-0.05, 0) is 60.4 Å². The van der Waals surface area contributed by atoms with Gasteiger partial charge < -0.3 is 4.98 Å². The van der Waals surface area contributed by atoms with Crippen LogP contribution in [-0.4, -0.2) is 25.7 Å². The summed E-state index contributed by atoms with van der Waals surface area (Å²) in [6, 6.07) is 11.4. The van der Waals surface area contributed by atoms with Gasteiger partial charge in [0.2, 0.25) is 0 Å². The number of para-hydroxylation sites is 1. The molecule has 2 aliphatic rings. The maximum Gasteiger partial charge on any atom is 0.264 e. The number of carbonyl (C=O) groups is 1. The first kappa shape index (κ1) is 20.3. The van der Waals surface area contributed by atoms with Crippen LogP contribution in [0.4, 0.5) is 5.69 Å². The molecule has 2 aromatic carbocycles. The lowest BCUT2D eigenvalue weighted by atomic mass is 9.76. The Bertz CT molecular complexity index is 1320. The van der Waals surface area contributed by atoms with Crippen LogP contribution in [0.2, 0.25) is 0 Å². The minimum atomic E-state index is -3.72. The molecule has 6 heteroatoms. The number of sulfonamides is 1. The number of aryl methyl sites for hydroxylation is 2. The average Bonchev–Trinajstić information content (AvgIpc) is 3.08. The number of hydrogen-bond acceptors (Lipinski definition) is 3. The molecule has 162 valence electrons. The molecule has 0 fully saturated rings. The Balaban J connectivity index is 1.68. The van der Waals surface area contributed by atoms with Crippen molar-refractivity contribution in [2.75, 3.05) is 10.8 Å². The highest BCUT2D eigenvalue weighted by Gasteiger charge is 2.35. The monoisotopic (exact) mass is 436 g/mol. The molecule has 0 unspecified atom stereocenters. The fourth-order valence-corrected chi connectivity index (χ4v) is 7.07. The highest BCUT2D eigenvalue weighted by Crippen LogP contribution is 2.40. The Morgan fingerprint density at radius 2 is 1.90 bits per heavy atom. The smallest absolute Gasteiger partial charge is 0.264 e. The molecule has 0 saturated heterocycles. The number of aromatic nitrogens is 1. The predicted molar refractivity (Wildman–Crippen MR) is 123 cm³/mol. The van der Waals surface area contributed by atoms with E-state index in [1.807, 2.05) is 37.3 Å². The van der Waals surface area contributed by atoms with Crippen LogP contribution in [0.25, 0.3) is 10.9 Å². The third-order valence-electron chi connectivity index (χ3n) is 6.65. The summed E-state index contributed by atoms with van der Waals surface area (Å²) < 4.78 is 29.2. The van der Waals surface area contributed by atoms with Crippen molar-refractivity contribution in [2.24, 2.45) is 5.41 Å². The molecule has 5 rings (SSSR count). The minimum absolute atomic E-state index is 0.0923. The first-order chi connectivity index (χ1) is 14.7. The number of aromatic amines is 1. The van der Waals surface area contributed by atoms with Crippen LogP contribution in [0.15, 0.2) is 41.3 Å². The van der Waals surface area contributed by atoms with Crippen molar-refractivity contribution in [1.82, 2.24) is 4.98 Å². The van der Waals surface area contributed by atoms with Gasteiger partial charge in [-0.25, -0.2) is 8.42 Å². The van der Waals surface area contributed by atoms with Gasteiger partial charge >= 0.3 is 0 Å². The van der Waals surface area contributed by atoms with Gasteiger partial charge in [-0.15, -0.1) is 0 Å². The van der Waals surface area contributed by atoms with Crippen LogP contribution >= 0.6 is 0 Å². The number of ketones is 1. The highest BCUT2D eigenvalue weighted by atomic mass is 32.2. The Morgan fingerprint density at radius 1 is 1.13 bits per heavy atom. The number of nitrogens with zero attached hydrogens (tertiary/aromatic N) is 1. The second-order valence-electron chi connectivity index (χ2n) is 9.59. The van der Waals surface area contributed by atoms with Crippen molar-refractivity contribution in [3.05, 3.63) is 58.8 Å². The summed E-state index contributed by atoms with van der Waals surface area (Å²) in [5.41, 5.74) is 4.92. The molecule has 0 saturated carbocycles. The quantitative estimate of drug-likeness (QED) is 0.626. The van der Waals surface area contributed by atoms with Crippen LogP contribution in [0.5, 0.6) is 0 Å². The lowest BCUT2D eigenvalue weighted by molar-refractivity contribution is 0.0913. The van der Waals surface area contributed by atoms with Gasteiger partial charge in [0, 0.05) is 35.1 Å².